The quantitative estimate of drug-likeness (QED) is 0.726. The van der Waals surface area contributed by atoms with Gasteiger partial charge in [0.25, 0.3) is 0 Å². The highest BCUT2D eigenvalue weighted by Gasteiger charge is 2.30. The first kappa shape index (κ1) is 20.6. The summed E-state index contributed by atoms with van der Waals surface area (Å²) in [6.07, 6.45) is -6.26. The van der Waals surface area contributed by atoms with Gasteiger partial charge in [0.15, 0.2) is 0 Å². The van der Waals surface area contributed by atoms with E-state index in [-0.39, 0.29) is 12.2 Å². The van der Waals surface area contributed by atoms with E-state index in [4.69, 9.17) is 9.47 Å². The molecule has 0 aromatic heterocycles. The van der Waals surface area contributed by atoms with Crippen molar-refractivity contribution >= 4 is 5.97 Å². The predicted molar refractivity (Wildman–Crippen MR) is 90.7 cm³/mol. The molecule has 0 radical (unpaired) electrons. The summed E-state index contributed by atoms with van der Waals surface area (Å²) in [5.41, 5.74) is -0.752. The van der Waals surface area contributed by atoms with Crippen LogP contribution in [-0.2, 0) is 15.7 Å². The first-order valence-electron chi connectivity index (χ1n) is 8.05. The highest BCUT2D eigenvalue weighted by Crippen LogP contribution is 2.31. The smallest absolute Gasteiger partial charge is 0.416 e. The van der Waals surface area contributed by atoms with Crippen LogP contribution in [0.4, 0.5) is 13.2 Å². The van der Waals surface area contributed by atoms with Crippen molar-refractivity contribution in [1.82, 2.24) is 0 Å². The number of benzene rings is 2. The molecule has 0 bridgehead atoms. The van der Waals surface area contributed by atoms with E-state index in [1.807, 2.05) is 0 Å². The Morgan fingerprint density at radius 2 is 1.48 bits per heavy atom. The number of aliphatic hydroxyl groups is 1. The van der Waals surface area contributed by atoms with Gasteiger partial charge in [0.05, 0.1) is 19.1 Å². The van der Waals surface area contributed by atoms with Crippen LogP contribution in [0.15, 0.2) is 48.5 Å². The maximum Gasteiger partial charge on any atom is 0.416 e. The SMILES string of the molecule is COC(=O)CC(O)C(C)Oc1ccc(Oc2ccc(C(F)(F)F)cc2)cc1. The largest absolute Gasteiger partial charge is 0.488 e. The molecule has 2 atom stereocenters. The fourth-order valence-corrected chi connectivity index (χ4v) is 2.15. The number of alkyl halides is 3. The van der Waals surface area contributed by atoms with Gasteiger partial charge in [-0.05, 0) is 55.5 Å². The van der Waals surface area contributed by atoms with Gasteiger partial charge in [-0.2, -0.15) is 13.2 Å². The van der Waals surface area contributed by atoms with E-state index in [0.29, 0.717) is 11.5 Å². The van der Waals surface area contributed by atoms with E-state index >= 15 is 0 Å². The Morgan fingerprint density at radius 1 is 1.00 bits per heavy atom. The lowest BCUT2D eigenvalue weighted by atomic mass is 10.1. The van der Waals surface area contributed by atoms with Crippen LogP contribution in [0.1, 0.15) is 18.9 Å². The number of hydrogen-bond donors (Lipinski definition) is 1. The molecule has 2 aromatic rings. The van der Waals surface area contributed by atoms with Gasteiger partial charge in [-0.1, -0.05) is 0 Å². The first-order valence-corrected chi connectivity index (χ1v) is 8.05. The molecule has 0 aliphatic carbocycles. The Labute approximate surface area is 154 Å². The molecule has 27 heavy (non-hydrogen) atoms. The second-order valence-electron chi connectivity index (χ2n) is 5.77. The monoisotopic (exact) mass is 384 g/mol. The zero-order valence-corrected chi connectivity index (χ0v) is 14.7. The molecular formula is C19H19F3O5. The van der Waals surface area contributed by atoms with Crippen LogP contribution in [-0.4, -0.2) is 30.4 Å². The molecule has 1 N–H and O–H groups in total. The molecule has 5 nitrogen and oxygen atoms in total. The van der Waals surface area contributed by atoms with Crippen LogP contribution in [0.25, 0.3) is 0 Å². The molecule has 0 heterocycles. The molecule has 8 heteroatoms. The van der Waals surface area contributed by atoms with Gasteiger partial charge in [0.1, 0.15) is 29.5 Å². The second-order valence-corrected chi connectivity index (χ2v) is 5.77. The lowest BCUT2D eigenvalue weighted by Crippen LogP contribution is -2.31. The number of aliphatic hydroxyl groups excluding tert-OH is 1. The van der Waals surface area contributed by atoms with Crippen LogP contribution >= 0.6 is 0 Å². The van der Waals surface area contributed by atoms with Crippen molar-refractivity contribution in [2.24, 2.45) is 0 Å². The summed E-state index contributed by atoms with van der Waals surface area (Å²) in [4.78, 5) is 11.2. The Hall–Kier alpha value is -2.74. The Bertz CT molecular complexity index is 741. The van der Waals surface area contributed by atoms with Crippen molar-refractivity contribution in [2.75, 3.05) is 7.11 Å². The second kappa shape index (κ2) is 8.77. The molecule has 2 rings (SSSR count). The lowest BCUT2D eigenvalue weighted by molar-refractivity contribution is -0.144. The summed E-state index contributed by atoms with van der Waals surface area (Å²) < 4.78 is 53.1. The Morgan fingerprint density at radius 3 is 1.96 bits per heavy atom. The minimum atomic E-state index is -4.40. The molecule has 0 aliphatic rings. The summed E-state index contributed by atoms with van der Waals surface area (Å²) in [5.74, 6) is 0.563. The highest BCUT2D eigenvalue weighted by molar-refractivity contribution is 5.69. The number of rotatable bonds is 7. The van der Waals surface area contributed by atoms with E-state index in [0.717, 1.165) is 12.1 Å². The number of esters is 1. The molecule has 0 fully saturated rings. The average molecular weight is 384 g/mol. The zero-order valence-electron chi connectivity index (χ0n) is 14.7. The van der Waals surface area contributed by atoms with Gasteiger partial charge in [-0.25, -0.2) is 0 Å². The minimum absolute atomic E-state index is 0.188. The van der Waals surface area contributed by atoms with E-state index in [1.54, 1.807) is 31.2 Å². The first-order chi connectivity index (χ1) is 12.7. The van der Waals surface area contributed by atoms with Crippen molar-refractivity contribution in [3.8, 4) is 17.2 Å². The summed E-state index contributed by atoms with van der Waals surface area (Å²) in [7, 11) is 1.23. The predicted octanol–water partition coefficient (Wildman–Crippen LogP) is 4.19. The Balaban J connectivity index is 1.94. The Kier molecular flexibility index (Phi) is 6.68. The summed E-state index contributed by atoms with van der Waals surface area (Å²) in [6, 6.07) is 10.7. The van der Waals surface area contributed by atoms with Gasteiger partial charge in [0, 0.05) is 0 Å². The van der Waals surface area contributed by atoms with Crippen molar-refractivity contribution in [3.05, 3.63) is 54.1 Å². The minimum Gasteiger partial charge on any atom is -0.488 e. The average Bonchev–Trinajstić information content (AvgIpc) is 2.62. The normalized spacial score (nSPS) is 13.6. The third-order valence-electron chi connectivity index (χ3n) is 3.71. The van der Waals surface area contributed by atoms with E-state index < -0.39 is 29.9 Å². The molecule has 0 spiro atoms. The topological polar surface area (TPSA) is 65.0 Å². The van der Waals surface area contributed by atoms with Crippen LogP contribution in [0.3, 0.4) is 0 Å². The van der Waals surface area contributed by atoms with Crippen LogP contribution in [0.5, 0.6) is 17.2 Å². The van der Waals surface area contributed by atoms with Crippen LogP contribution in [0, 0.1) is 0 Å². The summed E-state index contributed by atoms with van der Waals surface area (Å²) >= 11 is 0. The molecule has 0 aliphatic heterocycles. The van der Waals surface area contributed by atoms with E-state index in [9.17, 15) is 23.1 Å². The third kappa shape index (κ3) is 6.18. The van der Waals surface area contributed by atoms with Crippen LogP contribution < -0.4 is 9.47 Å². The molecule has 146 valence electrons. The van der Waals surface area contributed by atoms with Crippen molar-refractivity contribution in [1.29, 1.82) is 0 Å². The van der Waals surface area contributed by atoms with Gasteiger partial charge in [-0.3, -0.25) is 4.79 Å². The molecule has 2 aromatic carbocycles. The van der Waals surface area contributed by atoms with Gasteiger partial charge < -0.3 is 19.3 Å². The van der Waals surface area contributed by atoms with E-state index in [1.165, 1.54) is 19.2 Å². The van der Waals surface area contributed by atoms with Crippen molar-refractivity contribution in [3.63, 3.8) is 0 Å². The summed E-state index contributed by atoms with van der Waals surface area (Å²) in [6.45, 7) is 1.61. The number of halogens is 3. The fraction of sp³-hybridized carbons (Fsp3) is 0.316. The number of methoxy groups -OCH3 is 1. The van der Waals surface area contributed by atoms with Gasteiger partial charge in [0.2, 0.25) is 0 Å². The number of ether oxygens (including phenoxy) is 3. The highest BCUT2D eigenvalue weighted by atomic mass is 19.4. The lowest BCUT2D eigenvalue weighted by Gasteiger charge is -2.19. The molecule has 0 saturated heterocycles. The molecular weight excluding hydrogens is 365 g/mol. The van der Waals surface area contributed by atoms with Crippen LogP contribution in [0.2, 0.25) is 0 Å². The maximum atomic E-state index is 12.5. The van der Waals surface area contributed by atoms with Gasteiger partial charge >= 0.3 is 12.1 Å². The maximum absolute atomic E-state index is 12.5. The van der Waals surface area contributed by atoms with Crippen molar-refractivity contribution < 1.29 is 37.3 Å². The molecule has 2 unspecified atom stereocenters. The zero-order chi connectivity index (χ0) is 20.0. The third-order valence-corrected chi connectivity index (χ3v) is 3.71. The molecule has 0 amide bonds. The van der Waals surface area contributed by atoms with Gasteiger partial charge in [-0.15, -0.1) is 0 Å². The van der Waals surface area contributed by atoms with Crippen molar-refractivity contribution in [2.45, 2.75) is 31.7 Å². The molecule has 0 saturated carbocycles. The number of hydrogen-bond acceptors (Lipinski definition) is 5. The number of carbonyl (C=O) groups is 1. The summed E-state index contributed by atoms with van der Waals surface area (Å²) in [5, 5.41) is 9.88. The van der Waals surface area contributed by atoms with E-state index in [2.05, 4.69) is 4.74 Å². The fourth-order valence-electron chi connectivity index (χ4n) is 2.15. The number of carbonyl (C=O) groups excluding carboxylic acids is 1. The standard InChI is InChI=1S/C19H19F3O5/c1-12(17(23)11-18(24)25-2)26-14-7-9-16(10-8-14)27-15-5-3-13(4-6-15)19(20,21)22/h3-10,12,17,23H,11H2,1-2H3.